The topological polar surface area (TPSA) is 64.1 Å². The van der Waals surface area contributed by atoms with Gasteiger partial charge in [-0.2, -0.15) is 0 Å². The highest BCUT2D eigenvalue weighted by molar-refractivity contribution is 14.0. The fourth-order valence-electron chi connectivity index (χ4n) is 2.84. The molecule has 3 rings (SSSR count). The smallest absolute Gasteiger partial charge is 0.231 e. The van der Waals surface area contributed by atoms with Crippen LogP contribution in [0.25, 0.3) is 0 Å². The van der Waals surface area contributed by atoms with Crippen LogP contribution in [0.5, 0.6) is 11.5 Å². The lowest BCUT2D eigenvalue weighted by Gasteiger charge is -2.18. The Bertz CT molecular complexity index is 741. The monoisotopic (exact) mass is 483 g/mol. The number of nitrogens with zero attached hydrogens (tertiary/aromatic N) is 1. The van der Waals surface area contributed by atoms with Gasteiger partial charge in [0, 0.05) is 27.2 Å². The number of methoxy groups -OCH3 is 1. The molecule has 2 aromatic carbocycles. The van der Waals surface area contributed by atoms with Crippen molar-refractivity contribution in [3.05, 3.63) is 59.7 Å². The van der Waals surface area contributed by atoms with Gasteiger partial charge in [-0.1, -0.05) is 36.4 Å². The fraction of sp³-hybridized carbons (Fsp3) is 0.350. The third kappa shape index (κ3) is 6.00. The molecule has 0 fully saturated rings. The van der Waals surface area contributed by atoms with Gasteiger partial charge in [0.15, 0.2) is 17.5 Å². The van der Waals surface area contributed by atoms with Crippen LogP contribution in [0.3, 0.4) is 0 Å². The standard InChI is InChI=1S/C20H25N3O3.HI/c1-21-20(23-13-19(24-2)16-6-4-3-5-7-16)22-11-10-15-8-9-17-18(12-15)26-14-25-17;/h3-9,12,19H,10-11,13-14H2,1-2H3,(H2,21,22,23);1H. The third-order valence-electron chi connectivity index (χ3n) is 4.28. The molecule has 0 spiro atoms. The Morgan fingerprint density at radius 2 is 1.89 bits per heavy atom. The van der Waals surface area contributed by atoms with Gasteiger partial charge in [0.05, 0.1) is 6.10 Å². The summed E-state index contributed by atoms with van der Waals surface area (Å²) in [4.78, 5) is 4.27. The number of fused-ring (bicyclic) bond motifs is 1. The van der Waals surface area contributed by atoms with Crippen LogP contribution >= 0.6 is 24.0 Å². The zero-order valence-corrected chi connectivity index (χ0v) is 17.9. The van der Waals surface area contributed by atoms with Crippen molar-refractivity contribution in [1.29, 1.82) is 0 Å². The molecule has 146 valence electrons. The lowest BCUT2D eigenvalue weighted by atomic mass is 10.1. The lowest BCUT2D eigenvalue weighted by molar-refractivity contribution is 0.106. The van der Waals surface area contributed by atoms with Crippen molar-refractivity contribution >= 4 is 29.9 Å². The van der Waals surface area contributed by atoms with Gasteiger partial charge in [0.25, 0.3) is 0 Å². The van der Waals surface area contributed by atoms with E-state index in [0.29, 0.717) is 13.3 Å². The second kappa shape index (κ2) is 11.0. The van der Waals surface area contributed by atoms with E-state index in [9.17, 15) is 0 Å². The maximum Gasteiger partial charge on any atom is 0.231 e. The van der Waals surface area contributed by atoms with Crippen LogP contribution in [0.1, 0.15) is 17.2 Å². The minimum absolute atomic E-state index is 0. The van der Waals surface area contributed by atoms with E-state index < -0.39 is 0 Å². The zero-order valence-electron chi connectivity index (χ0n) is 15.6. The summed E-state index contributed by atoms with van der Waals surface area (Å²) in [6, 6.07) is 16.2. The maximum absolute atomic E-state index is 5.58. The van der Waals surface area contributed by atoms with Gasteiger partial charge in [-0.15, -0.1) is 24.0 Å². The molecule has 0 saturated heterocycles. The minimum atomic E-state index is -0.0244. The van der Waals surface area contributed by atoms with E-state index in [1.807, 2.05) is 30.3 Å². The van der Waals surface area contributed by atoms with E-state index in [-0.39, 0.29) is 30.1 Å². The van der Waals surface area contributed by atoms with Crippen molar-refractivity contribution in [2.24, 2.45) is 4.99 Å². The Kier molecular flexibility index (Phi) is 8.66. The molecule has 0 saturated carbocycles. The van der Waals surface area contributed by atoms with Crippen molar-refractivity contribution in [2.75, 3.05) is 34.0 Å². The summed E-state index contributed by atoms with van der Waals surface area (Å²) in [6.07, 6.45) is 0.840. The van der Waals surface area contributed by atoms with Crippen LogP contribution < -0.4 is 20.1 Å². The summed E-state index contributed by atoms with van der Waals surface area (Å²) >= 11 is 0. The average Bonchev–Trinajstić information content (AvgIpc) is 3.15. The Hall–Kier alpha value is -2.00. The molecule has 1 heterocycles. The average molecular weight is 483 g/mol. The summed E-state index contributed by atoms with van der Waals surface area (Å²) in [7, 11) is 3.48. The highest BCUT2D eigenvalue weighted by atomic mass is 127. The van der Waals surface area contributed by atoms with Crippen molar-refractivity contribution in [3.63, 3.8) is 0 Å². The number of benzene rings is 2. The van der Waals surface area contributed by atoms with E-state index in [2.05, 4.69) is 33.8 Å². The number of aliphatic imine (C=N–C) groups is 1. The molecule has 1 unspecified atom stereocenters. The third-order valence-corrected chi connectivity index (χ3v) is 4.28. The molecule has 2 N–H and O–H groups in total. The molecule has 27 heavy (non-hydrogen) atoms. The molecular weight excluding hydrogens is 457 g/mol. The molecule has 1 atom stereocenters. The first-order valence-corrected chi connectivity index (χ1v) is 8.71. The zero-order chi connectivity index (χ0) is 18.2. The molecule has 0 amide bonds. The van der Waals surface area contributed by atoms with Crippen molar-refractivity contribution in [2.45, 2.75) is 12.5 Å². The largest absolute Gasteiger partial charge is 0.454 e. The number of ether oxygens (including phenoxy) is 3. The predicted molar refractivity (Wildman–Crippen MR) is 117 cm³/mol. The van der Waals surface area contributed by atoms with Gasteiger partial charge in [-0.25, -0.2) is 0 Å². The van der Waals surface area contributed by atoms with Crippen molar-refractivity contribution in [1.82, 2.24) is 10.6 Å². The van der Waals surface area contributed by atoms with Crippen molar-refractivity contribution < 1.29 is 14.2 Å². The first-order chi connectivity index (χ1) is 12.8. The quantitative estimate of drug-likeness (QED) is 0.360. The van der Waals surface area contributed by atoms with Crippen LogP contribution in [0.15, 0.2) is 53.5 Å². The summed E-state index contributed by atoms with van der Waals surface area (Å²) in [5.74, 6) is 2.38. The molecule has 0 bridgehead atoms. The summed E-state index contributed by atoms with van der Waals surface area (Å²) in [6.45, 7) is 1.71. The Balaban J connectivity index is 0.00000261. The number of nitrogens with one attached hydrogen (secondary N) is 2. The molecule has 0 radical (unpaired) electrons. The van der Waals surface area contributed by atoms with Crippen LogP contribution in [0.2, 0.25) is 0 Å². The van der Waals surface area contributed by atoms with E-state index in [1.54, 1.807) is 14.2 Å². The van der Waals surface area contributed by atoms with E-state index in [4.69, 9.17) is 14.2 Å². The fourth-order valence-corrected chi connectivity index (χ4v) is 2.84. The van der Waals surface area contributed by atoms with Gasteiger partial charge in [0.1, 0.15) is 0 Å². The molecule has 6 nitrogen and oxygen atoms in total. The highest BCUT2D eigenvalue weighted by Gasteiger charge is 2.13. The summed E-state index contributed by atoms with van der Waals surface area (Å²) in [5.41, 5.74) is 2.33. The van der Waals surface area contributed by atoms with Crippen LogP contribution in [0.4, 0.5) is 0 Å². The number of hydrogen-bond acceptors (Lipinski definition) is 4. The molecule has 0 aromatic heterocycles. The maximum atomic E-state index is 5.58. The number of halogens is 1. The molecule has 0 aliphatic carbocycles. The van der Waals surface area contributed by atoms with E-state index in [1.165, 1.54) is 5.56 Å². The van der Waals surface area contributed by atoms with Gasteiger partial charge in [0.2, 0.25) is 6.79 Å². The molecule has 2 aromatic rings. The minimum Gasteiger partial charge on any atom is -0.454 e. The van der Waals surface area contributed by atoms with Gasteiger partial charge >= 0.3 is 0 Å². The van der Waals surface area contributed by atoms with E-state index in [0.717, 1.165) is 36.0 Å². The number of guanidine groups is 1. The predicted octanol–water partition coefficient (Wildman–Crippen LogP) is 3.13. The molecule has 1 aliphatic rings. The van der Waals surface area contributed by atoms with Crippen LogP contribution in [-0.2, 0) is 11.2 Å². The summed E-state index contributed by atoms with van der Waals surface area (Å²) in [5, 5.41) is 6.64. The Morgan fingerprint density at radius 3 is 2.63 bits per heavy atom. The second-order valence-electron chi connectivity index (χ2n) is 5.95. The van der Waals surface area contributed by atoms with Gasteiger partial charge in [-0.05, 0) is 29.7 Å². The van der Waals surface area contributed by atoms with E-state index >= 15 is 0 Å². The van der Waals surface area contributed by atoms with Gasteiger partial charge in [-0.3, -0.25) is 4.99 Å². The van der Waals surface area contributed by atoms with Crippen LogP contribution in [-0.4, -0.2) is 40.0 Å². The number of hydrogen-bond donors (Lipinski definition) is 2. The number of rotatable bonds is 7. The van der Waals surface area contributed by atoms with Gasteiger partial charge < -0.3 is 24.8 Å². The lowest BCUT2D eigenvalue weighted by Crippen LogP contribution is -2.40. The summed E-state index contributed by atoms with van der Waals surface area (Å²) < 4.78 is 16.3. The molecule has 7 heteroatoms. The first-order valence-electron chi connectivity index (χ1n) is 8.71. The highest BCUT2D eigenvalue weighted by Crippen LogP contribution is 2.32. The van der Waals surface area contributed by atoms with Crippen molar-refractivity contribution in [3.8, 4) is 11.5 Å². The molecule has 1 aliphatic heterocycles. The second-order valence-corrected chi connectivity index (χ2v) is 5.95. The molecular formula is C20H26IN3O3. The Morgan fingerprint density at radius 1 is 1.11 bits per heavy atom. The van der Waals surface area contributed by atoms with Crippen LogP contribution in [0, 0.1) is 0 Å². The SMILES string of the molecule is CN=C(NCCc1ccc2c(c1)OCO2)NCC(OC)c1ccccc1.I. The normalized spacial score (nSPS) is 13.6. The Labute approximate surface area is 177 Å². The first kappa shape index (κ1) is 21.3.